The summed E-state index contributed by atoms with van der Waals surface area (Å²) in [6, 6.07) is 0. The first-order chi connectivity index (χ1) is 12.8. The van der Waals surface area contributed by atoms with E-state index in [-0.39, 0.29) is 23.8 Å². The standard InChI is InChI=1S/C23H37NO4/c1-14-17(20(25)27-22(3,4)5)19(16-12-10-9-11-13-16)18(15(2)24-14)21(26)28-23(6,7)8/h16,19,24H,9-13H2,1-8H3. The first-order valence-electron chi connectivity index (χ1n) is 10.5. The van der Waals surface area contributed by atoms with E-state index in [1.165, 1.54) is 6.42 Å². The van der Waals surface area contributed by atoms with Gasteiger partial charge in [-0.1, -0.05) is 19.3 Å². The number of hydrogen-bond acceptors (Lipinski definition) is 5. The van der Waals surface area contributed by atoms with Crippen molar-refractivity contribution in [1.29, 1.82) is 0 Å². The number of esters is 2. The summed E-state index contributed by atoms with van der Waals surface area (Å²) in [5.41, 5.74) is 1.51. The van der Waals surface area contributed by atoms with Crippen molar-refractivity contribution < 1.29 is 19.1 Å². The van der Waals surface area contributed by atoms with Crippen LogP contribution in [0, 0.1) is 11.8 Å². The molecular formula is C23H37NO4. The van der Waals surface area contributed by atoms with Crippen LogP contribution >= 0.6 is 0 Å². The Balaban J connectivity index is 2.49. The molecule has 1 aliphatic heterocycles. The van der Waals surface area contributed by atoms with Crippen molar-refractivity contribution in [1.82, 2.24) is 5.32 Å². The third-order valence-corrected chi connectivity index (χ3v) is 5.16. The number of rotatable bonds is 3. The third-order valence-electron chi connectivity index (χ3n) is 5.16. The predicted octanol–water partition coefficient (Wildman–Crippen LogP) is 5.02. The van der Waals surface area contributed by atoms with Crippen molar-refractivity contribution >= 4 is 11.9 Å². The summed E-state index contributed by atoms with van der Waals surface area (Å²) >= 11 is 0. The van der Waals surface area contributed by atoms with Crippen LogP contribution in [0.15, 0.2) is 22.5 Å². The van der Waals surface area contributed by atoms with Gasteiger partial charge in [-0.05, 0) is 74.1 Å². The molecule has 0 radical (unpaired) electrons. The molecule has 0 unspecified atom stereocenters. The van der Waals surface area contributed by atoms with E-state index < -0.39 is 11.2 Å². The van der Waals surface area contributed by atoms with Crippen LogP contribution in [0.4, 0.5) is 0 Å². The second-order valence-corrected chi connectivity index (χ2v) is 10.1. The van der Waals surface area contributed by atoms with Crippen LogP contribution in [0.25, 0.3) is 0 Å². The average molecular weight is 392 g/mol. The minimum absolute atomic E-state index is 0.241. The van der Waals surface area contributed by atoms with Crippen molar-refractivity contribution in [3.63, 3.8) is 0 Å². The van der Waals surface area contributed by atoms with E-state index in [9.17, 15) is 9.59 Å². The lowest BCUT2D eigenvalue weighted by Gasteiger charge is -2.38. The molecule has 1 aliphatic carbocycles. The quantitative estimate of drug-likeness (QED) is 0.685. The fourth-order valence-corrected chi connectivity index (χ4v) is 4.19. The van der Waals surface area contributed by atoms with Crippen molar-refractivity contribution in [3.8, 4) is 0 Å². The molecule has 0 amide bonds. The maximum atomic E-state index is 13.1. The fraction of sp³-hybridized carbons (Fsp3) is 0.739. The Labute approximate surface area is 169 Å². The Morgan fingerprint density at radius 3 is 1.54 bits per heavy atom. The van der Waals surface area contributed by atoms with Gasteiger partial charge in [-0.25, -0.2) is 9.59 Å². The summed E-state index contributed by atoms with van der Waals surface area (Å²) in [4.78, 5) is 26.3. The van der Waals surface area contributed by atoms with Crippen molar-refractivity contribution in [2.45, 2.75) is 98.7 Å². The van der Waals surface area contributed by atoms with Crippen LogP contribution in [0.2, 0.25) is 0 Å². The number of nitrogens with one attached hydrogen (secondary N) is 1. The summed E-state index contributed by atoms with van der Waals surface area (Å²) in [6.45, 7) is 15.0. The first-order valence-corrected chi connectivity index (χ1v) is 10.5. The van der Waals surface area contributed by atoms with Gasteiger partial charge < -0.3 is 14.8 Å². The maximum absolute atomic E-state index is 13.1. The Morgan fingerprint density at radius 2 is 1.18 bits per heavy atom. The molecule has 5 nitrogen and oxygen atoms in total. The number of dihydropyridines is 1. The number of allylic oxidation sites excluding steroid dienone is 2. The van der Waals surface area contributed by atoms with Gasteiger partial charge in [0.15, 0.2) is 0 Å². The van der Waals surface area contributed by atoms with E-state index in [1.807, 2.05) is 55.4 Å². The van der Waals surface area contributed by atoms with Gasteiger partial charge in [-0.15, -0.1) is 0 Å². The molecule has 0 spiro atoms. The van der Waals surface area contributed by atoms with E-state index in [2.05, 4.69) is 5.32 Å². The highest BCUT2D eigenvalue weighted by atomic mass is 16.6. The smallest absolute Gasteiger partial charge is 0.336 e. The van der Waals surface area contributed by atoms with Crippen LogP contribution in [0.5, 0.6) is 0 Å². The molecule has 28 heavy (non-hydrogen) atoms. The summed E-state index contributed by atoms with van der Waals surface area (Å²) in [7, 11) is 0. The van der Waals surface area contributed by atoms with E-state index in [1.54, 1.807) is 0 Å². The van der Waals surface area contributed by atoms with Gasteiger partial charge in [-0.2, -0.15) is 0 Å². The van der Waals surface area contributed by atoms with Crippen molar-refractivity contribution in [3.05, 3.63) is 22.5 Å². The molecule has 1 N–H and O–H groups in total. The molecule has 1 fully saturated rings. The van der Waals surface area contributed by atoms with Crippen LogP contribution in [-0.2, 0) is 19.1 Å². The molecule has 1 heterocycles. The van der Waals surface area contributed by atoms with Crippen molar-refractivity contribution in [2.75, 3.05) is 0 Å². The molecule has 2 aliphatic rings. The predicted molar refractivity (Wildman–Crippen MR) is 110 cm³/mol. The number of hydrogen-bond donors (Lipinski definition) is 1. The van der Waals surface area contributed by atoms with Gasteiger partial charge in [0.05, 0.1) is 11.1 Å². The summed E-state index contributed by atoms with van der Waals surface area (Å²) < 4.78 is 11.4. The van der Waals surface area contributed by atoms with Gasteiger partial charge in [-0.3, -0.25) is 0 Å². The fourth-order valence-electron chi connectivity index (χ4n) is 4.19. The normalized spacial score (nSPS) is 20.1. The van der Waals surface area contributed by atoms with E-state index >= 15 is 0 Å². The van der Waals surface area contributed by atoms with Gasteiger partial charge in [0, 0.05) is 17.3 Å². The maximum Gasteiger partial charge on any atom is 0.336 e. The van der Waals surface area contributed by atoms with Gasteiger partial charge in [0.1, 0.15) is 11.2 Å². The second-order valence-electron chi connectivity index (χ2n) is 10.1. The zero-order valence-corrected chi connectivity index (χ0v) is 18.8. The summed E-state index contributed by atoms with van der Waals surface area (Å²) in [6.07, 6.45) is 5.45. The highest BCUT2D eigenvalue weighted by Crippen LogP contribution is 2.43. The second kappa shape index (κ2) is 8.30. The molecule has 0 bridgehead atoms. The highest BCUT2D eigenvalue weighted by Gasteiger charge is 2.43. The molecule has 1 saturated carbocycles. The minimum Gasteiger partial charge on any atom is -0.457 e. The largest absolute Gasteiger partial charge is 0.457 e. The van der Waals surface area contributed by atoms with Crippen molar-refractivity contribution in [2.24, 2.45) is 11.8 Å². The summed E-state index contributed by atoms with van der Waals surface area (Å²) in [5, 5.41) is 3.24. The minimum atomic E-state index is -0.593. The zero-order chi connectivity index (χ0) is 21.3. The lowest BCUT2D eigenvalue weighted by atomic mass is 9.71. The van der Waals surface area contributed by atoms with Crippen LogP contribution in [-0.4, -0.2) is 23.1 Å². The Kier molecular flexibility index (Phi) is 6.67. The summed E-state index contributed by atoms with van der Waals surface area (Å²) in [5.74, 6) is -0.736. The zero-order valence-electron chi connectivity index (χ0n) is 18.8. The number of carbonyl (C=O) groups is 2. The lowest BCUT2D eigenvalue weighted by molar-refractivity contribution is -0.152. The molecule has 0 aromatic rings. The topological polar surface area (TPSA) is 64.6 Å². The number of carbonyl (C=O) groups excluding carboxylic acids is 2. The first kappa shape index (κ1) is 22.5. The van der Waals surface area contributed by atoms with E-state index in [0.717, 1.165) is 37.1 Å². The molecule has 0 aromatic carbocycles. The molecular weight excluding hydrogens is 354 g/mol. The van der Waals surface area contributed by atoms with Gasteiger partial charge in [0.25, 0.3) is 0 Å². The SMILES string of the molecule is CC1=C(C(=O)OC(C)(C)C)C(C2CCCCC2)C(C(=O)OC(C)(C)C)=C(C)N1. The monoisotopic (exact) mass is 391 g/mol. The molecule has 0 aromatic heterocycles. The number of ether oxygens (including phenoxy) is 2. The van der Waals surface area contributed by atoms with Gasteiger partial charge >= 0.3 is 11.9 Å². The molecule has 158 valence electrons. The van der Waals surface area contributed by atoms with E-state index in [4.69, 9.17) is 9.47 Å². The Bertz CT molecular complexity index is 632. The van der Waals surface area contributed by atoms with Crippen LogP contribution in [0.1, 0.15) is 87.5 Å². The molecule has 5 heteroatoms. The average Bonchev–Trinajstić information content (AvgIpc) is 2.51. The van der Waals surface area contributed by atoms with E-state index in [0.29, 0.717) is 11.1 Å². The van der Waals surface area contributed by atoms with Crippen LogP contribution < -0.4 is 5.32 Å². The third kappa shape index (κ3) is 5.62. The lowest BCUT2D eigenvalue weighted by Crippen LogP contribution is -2.40. The Morgan fingerprint density at radius 1 is 0.786 bits per heavy atom. The molecule has 0 atom stereocenters. The molecule has 2 rings (SSSR count). The highest BCUT2D eigenvalue weighted by molar-refractivity contribution is 5.98. The van der Waals surface area contributed by atoms with Gasteiger partial charge in [0.2, 0.25) is 0 Å². The molecule has 0 saturated heterocycles. The van der Waals surface area contributed by atoms with Crippen LogP contribution in [0.3, 0.4) is 0 Å². The Hall–Kier alpha value is -1.78.